The van der Waals surface area contributed by atoms with Gasteiger partial charge in [0.2, 0.25) is 0 Å². The van der Waals surface area contributed by atoms with Crippen LogP contribution in [0.4, 0.5) is 4.39 Å². The third kappa shape index (κ3) is 3.76. The van der Waals surface area contributed by atoms with Crippen LogP contribution in [0.25, 0.3) is 0 Å². The number of rotatable bonds is 3. The average molecular weight is 382 g/mol. The number of hydrogen-bond donors (Lipinski definition) is 1. The van der Waals surface area contributed by atoms with Gasteiger partial charge in [-0.05, 0) is 55.3 Å². The molecule has 0 saturated carbocycles. The van der Waals surface area contributed by atoms with E-state index in [1.54, 1.807) is 25.3 Å². The molecule has 2 aromatic carbocycles. The fourth-order valence-electron chi connectivity index (χ4n) is 4.67. The summed E-state index contributed by atoms with van der Waals surface area (Å²) in [7, 11) is 1.61. The fraction of sp³-hybridized carbons (Fsp3) is 0.435. The highest BCUT2D eigenvalue weighted by Crippen LogP contribution is 2.36. The number of hydrogen-bond acceptors (Lipinski definition) is 3. The minimum Gasteiger partial charge on any atom is -0.497 e. The number of carbonyl (C=O) groups excluding carboxylic acids is 1. The van der Waals surface area contributed by atoms with Crippen LogP contribution >= 0.6 is 0 Å². The number of ether oxygens (including phenoxy) is 1. The van der Waals surface area contributed by atoms with Gasteiger partial charge in [-0.1, -0.05) is 31.0 Å². The number of amides is 1. The second-order valence-electron chi connectivity index (χ2n) is 7.75. The SMILES string of the molecule is COc1cccc(C(=O)N2C[C@@H](c3cccc(F)c3)[C@@H]3NCCCCC[C@H]32)c1. The molecule has 4 rings (SSSR count). The van der Waals surface area contributed by atoms with E-state index < -0.39 is 0 Å². The number of nitrogens with one attached hydrogen (secondary N) is 1. The lowest BCUT2D eigenvalue weighted by Gasteiger charge is -2.31. The molecule has 1 N–H and O–H groups in total. The van der Waals surface area contributed by atoms with Crippen molar-refractivity contribution in [1.82, 2.24) is 10.2 Å². The molecule has 2 heterocycles. The Kier molecular flexibility index (Phi) is 5.62. The monoisotopic (exact) mass is 382 g/mol. The molecule has 0 radical (unpaired) electrons. The Morgan fingerprint density at radius 2 is 2.00 bits per heavy atom. The van der Waals surface area contributed by atoms with Crippen molar-refractivity contribution >= 4 is 5.91 Å². The molecule has 2 saturated heterocycles. The van der Waals surface area contributed by atoms with Crippen molar-refractivity contribution in [2.24, 2.45) is 0 Å². The van der Waals surface area contributed by atoms with E-state index in [0.29, 0.717) is 17.9 Å². The highest BCUT2D eigenvalue weighted by molar-refractivity contribution is 5.95. The molecule has 1 amide bonds. The normalized spacial score (nSPS) is 24.9. The predicted octanol–water partition coefficient (Wildman–Crippen LogP) is 3.97. The quantitative estimate of drug-likeness (QED) is 0.873. The number of nitrogens with zero attached hydrogens (tertiary/aromatic N) is 1. The van der Waals surface area contributed by atoms with E-state index in [2.05, 4.69) is 5.32 Å². The molecule has 3 atom stereocenters. The Balaban J connectivity index is 1.66. The van der Waals surface area contributed by atoms with Crippen molar-refractivity contribution in [2.75, 3.05) is 20.2 Å². The molecule has 0 aromatic heterocycles. The van der Waals surface area contributed by atoms with Gasteiger partial charge in [-0.3, -0.25) is 4.79 Å². The maximum atomic E-state index is 13.9. The van der Waals surface area contributed by atoms with Gasteiger partial charge in [0.15, 0.2) is 0 Å². The molecule has 0 aliphatic carbocycles. The molecule has 28 heavy (non-hydrogen) atoms. The van der Waals surface area contributed by atoms with E-state index in [4.69, 9.17) is 4.74 Å². The van der Waals surface area contributed by atoms with Crippen molar-refractivity contribution in [3.05, 3.63) is 65.5 Å². The number of fused-ring (bicyclic) bond motifs is 1. The van der Waals surface area contributed by atoms with Crippen LogP contribution in [0.5, 0.6) is 5.75 Å². The Morgan fingerprint density at radius 3 is 2.82 bits per heavy atom. The summed E-state index contributed by atoms with van der Waals surface area (Å²) in [5.41, 5.74) is 1.60. The second-order valence-corrected chi connectivity index (χ2v) is 7.75. The minimum absolute atomic E-state index is 0.0233. The summed E-state index contributed by atoms with van der Waals surface area (Å²) in [6, 6.07) is 14.4. The number of likely N-dealkylation sites (tertiary alicyclic amines) is 1. The highest BCUT2D eigenvalue weighted by Gasteiger charge is 2.44. The van der Waals surface area contributed by atoms with Crippen LogP contribution in [0, 0.1) is 5.82 Å². The van der Waals surface area contributed by atoms with Crippen LogP contribution < -0.4 is 10.1 Å². The highest BCUT2D eigenvalue weighted by atomic mass is 19.1. The number of benzene rings is 2. The molecule has 2 aliphatic rings. The van der Waals surface area contributed by atoms with Crippen molar-refractivity contribution in [1.29, 1.82) is 0 Å². The second kappa shape index (κ2) is 8.31. The lowest BCUT2D eigenvalue weighted by Crippen LogP contribution is -2.47. The summed E-state index contributed by atoms with van der Waals surface area (Å²) in [5, 5.41) is 3.67. The zero-order valence-electron chi connectivity index (χ0n) is 16.2. The van der Waals surface area contributed by atoms with Crippen molar-refractivity contribution in [3.8, 4) is 5.75 Å². The van der Waals surface area contributed by atoms with Crippen molar-refractivity contribution in [2.45, 2.75) is 43.7 Å². The van der Waals surface area contributed by atoms with Crippen LogP contribution in [0.2, 0.25) is 0 Å². The lowest BCUT2D eigenvalue weighted by molar-refractivity contribution is 0.0712. The van der Waals surface area contributed by atoms with Crippen LogP contribution in [0.15, 0.2) is 48.5 Å². The van der Waals surface area contributed by atoms with Gasteiger partial charge in [0.05, 0.1) is 7.11 Å². The summed E-state index contributed by atoms with van der Waals surface area (Å²) < 4.78 is 19.2. The van der Waals surface area contributed by atoms with Crippen molar-refractivity contribution < 1.29 is 13.9 Å². The summed E-state index contributed by atoms with van der Waals surface area (Å²) in [4.78, 5) is 15.4. The predicted molar refractivity (Wildman–Crippen MR) is 107 cm³/mol. The standard InChI is InChI=1S/C23H27FN2O2/c1-28-19-10-6-8-17(14-19)23(27)26-15-20(16-7-5-9-18(24)13-16)22-21(26)11-3-2-4-12-25-22/h5-10,13-14,20-22,25H,2-4,11-12,15H2,1H3/t20-,21+,22-/m0/s1. The summed E-state index contributed by atoms with van der Waals surface area (Å²) >= 11 is 0. The van der Waals surface area contributed by atoms with Crippen molar-refractivity contribution in [3.63, 3.8) is 0 Å². The Morgan fingerprint density at radius 1 is 1.14 bits per heavy atom. The molecule has 148 valence electrons. The van der Waals surface area contributed by atoms with Gasteiger partial charge in [-0.15, -0.1) is 0 Å². The zero-order valence-corrected chi connectivity index (χ0v) is 16.2. The van der Waals surface area contributed by atoms with E-state index in [1.807, 2.05) is 29.2 Å². The zero-order chi connectivity index (χ0) is 19.5. The Labute approximate surface area is 165 Å². The molecule has 0 spiro atoms. The third-order valence-electron chi connectivity index (χ3n) is 6.05. The Bertz CT molecular complexity index is 841. The molecular weight excluding hydrogens is 355 g/mol. The van der Waals surface area contributed by atoms with Gasteiger partial charge in [0.1, 0.15) is 11.6 Å². The smallest absolute Gasteiger partial charge is 0.254 e. The molecule has 2 fully saturated rings. The van der Waals surface area contributed by atoms with E-state index in [-0.39, 0.29) is 29.7 Å². The van der Waals surface area contributed by atoms with E-state index >= 15 is 0 Å². The molecule has 2 aromatic rings. The topological polar surface area (TPSA) is 41.6 Å². The van der Waals surface area contributed by atoms with Gasteiger partial charge in [0, 0.05) is 30.1 Å². The number of halogens is 1. The van der Waals surface area contributed by atoms with E-state index in [9.17, 15) is 9.18 Å². The Hall–Kier alpha value is -2.40. The largest absolute Gasteiger partial charge is 0.497 e. The van der Waals surface area contributed by atoms with Gasteiger partial charge >= 0.3 is 0 Å². The third-order valence-corrected chi connectivity index (χ3v) is 6.05. The van der Waals surface area contributed by atoms with Crippen LogP contribution in [0.3, 0.4) is 0 Å². The molecular formula is C23H27FN2O2. The van der Waals surface area contributed by atoms with Crippen LogP contribution in [-0.4, -0.2) is 43.1 Å². The maximum absolute atomic E-state index is 13.9. The lowest BCUT2D eigenvalue weighted by atomic mass is 9.88. The van der Waals surface area contributed by atoms with Gasteiger partial charge in [0.25, 0.3) is 5.91 Å². The maximum Gasteiger partial charge on any atom is 0.254 e. The first-order valence-corrected chi connectivity index (χ1v) is 10.1. The summed E-state index contributed by atoms with van der Waals surface area (Å²) in [6.07, 6.45) is 4.39. The van der Waals surface area contributed by atoms with Crippen LogP contribution in [-0.2, 0) is 0 Å². The number of methoxy groups -OCH3 is 1. The molecule has 5 heteroatoms. The van der Waals surface area contributed by atoms with E-state index in [1.165, 1.54) is 12.5 Å². The fourth-order valence-corrected chi connectivity index (χ4v) is 4.67. The van der Waals surface area contributed by atoms with Crippen LogP contribution in [0.1, 0.15) is 47.5 Å². The van der Waals surface area contributed by atoms with Gasteiger partial charge in [-0.25, -0.2) is 4.39 Å². The molecule has 0 unspecified atom stereocenters. The first kappa shape index (κ1) is 18.9. The molecule has 2 aliphatic heterocycles. The average Bonchev–Trinajstić information content (AvgIpc) is 3.04. The summed E-state index contributed by atoms with van der Waals surface area (Å²) in [5.74, 6) is 0.570. The van der Waals surface area contributed by atoms with E-state index in [0.717, 1.165) is 31.4 Å². The summed E-state index contributed by atoms with van der Waals surface area (Å²) in [6.45, 7) is 1.54. The van der Waals surface area contributed by atoms with Gasteiger partial charge in [-0.2, -0.15) is 0 Å². The number of carbonyl (C=O) groups is 1. The molecule has 0 bridgehead atoms. The molecule has 4 nitrogen and oxygen atoms in total. The minimum atomic E-state index is -0.225. The first-order valence-electron chi connectivity index (χ1n) is 10.1. The van der Waals surface area contributed by atoms with Gasteiger partial charge < -0.3 is 15.0 Å². The first-order chi connectivity index (χ1) is 13.7.